The lowest BCUT2D eigenvalue weighted by molar-refractivity contribution is 0.243. The molecule has 7 heteroatoms. The molecule has 0 radical (unpaired) electrons. The van der Waals surface area contributed by atoms with Crippen molar-refractivity contribution in [1.82, 2.24) is 9.21 Å². The summed E-state index contributed by atoms with van der Waals surface area (Å²) in [5.74, 6) is 1.90. The van der Waals surface area contributed by atoms with E-state index >= 15 is 0 Å². The monoisotopic (exact) mass is 388 g/mol. The lowest BCUT2D eigenvalue weighted by Gasteiger charge is -2.32. The van der Waals surface area contributed by atoms with E-state index in [2.05, 4.69) is 4.90 Å². The van der Waals surface area contributed by atoms with Crippen LogP contribution < -0.4 is 0 Å². The van der Waals surface area contributed by atoms with Crippen LogP contribution in [0.3, 0.4) is 0 Å². The third kappa shape index (κ3) is 4.10. The van der Waals surface area contributed by atoms with Crippen LogP contribution in [0.2, 0.25) is 5.02 Å². The zero-order valence-electron chi connectivity index (χ0n) is 14.1. The van der Waals surface area contributed by atoms with Crippen LogP contribution in [0, 0.1) is 6.92 Å². The molecule has 2 saturated heterocycles. The van der Waals surface area contributed by atoms with Crippen molar-refractivity contribution in [3.63, 3.8) is 0 Å². The second-order valence-electron chi connectivity index (χ2n) is 6.62. The summed E-state index contributed by atoms with van der Waals surface area (Å²) in [5, 5.41) is 0.472. The van der Waals surface area contributed by atoms with Gasteiger partial charge in [0.2, 0.25) is 10.0 Å². The van der Waals surface area contributed by atoms with E-state index in [1.807, 2.05) is 18.7 Å². The van der Waals surface area contributed by atoms with Gasteiger partial charge < -0.3 is 4.90 Å². The highest BCUT2D eigenvalue weighted by Gasteiger charge is 2.35. The Bertz CT molecular complexity index is 675. The van der Waals surface area contributed by atoms with Gasteiger partial charge in [-0.3, -0.25) is 0 Å². The fraction of sp³-hybridized carbons (Fsp3) is 0.647. The molecule has 2 heterocycles. The van der Waals surface area contributed by atoms with Crippen molar-refractivity contribution >= 4 is 33.4 Å². The van der Waals surface area contributed by atoms with E-state index in [1.165, 1.54) is 12.8 Å². The topological polar surface area (TPSA) is 40.6 Å². The quantitative estimate of drug-likeness (QED) is 0.793. The Morgan fingerprint density at radius 3 is 2.71 bits per heavy atom. The van der Waals surface area contributed by atoms with Gasteiger partial charge in [0, 0.05) is 29.9 Å². The molecule has 2 fully saturated rings. The minimum atomic E-state index is -3.52. The third-order valence-corrected chi connectivity index (χ3v) is 8.32. The van der Waals surface area contributed by atoms with Crippen molar-refractivity contribution < 1.29 is 8.42 Å². The van der Waals surface area contributed by atoms with Crippen molar-refractivity contribution in [2.75, 3.05) is 37.7 Å². The predicted octanol–water partition coefficient (Wildman–Crippen LogP) is 3.24. The minimum absolute atomic E-state index is 0.0407. The molecule has 4 nitrogen and oxygen atoms in total. The second-order valence-corrected chi connectivity index (χ2v) is 10.1. The molecule has 134 valence electrons. The smallest absolute Gasteiger partial charge is 0.243 e. The number of sulfonamides is 1. The maximum Gasteiger partial charge on any atom is 0.243 e. The molecule has 24 heavy (non-hydrogen) atoms. The number of thioether (sulfide) groups is 1. The summed E-state index contributed by atoms with van der Waals surface area (Å²) in [5.41, 5.74) is 0.760. The van der Waals surface area contributed by atoms with Gasteiger partial charge in [-0.15, -0.1) is 0 Å². The van der Waals surface area contributed by atoms with Crippen LogP contribution in [0.15, 0.2) is 23.1 Å². The fourth-order valence-electron chi connectivity index (χ4n) is 3.51. The zero-order valence-corrected chi connectivity index (χ0v) is 16.5. The largest absolute Gasteiger partial charge is 0.302 e. The van der Waals surface area contributed by atoms with Gasteiger partial charge in [-0.1, -0.05) is 17.7 Å². The lowest BCUT2D eigenvalue weighted by atomic mass is 10.2. The maximum absolute atomic E-state index is 13.3. The van der Waals surface area contributed by atoms with E-state index in [0.29, 0.717) is 16.5 Å². The summed E-state index contributed by atoms with van der Waals surface area (Å²) in [6.45, 7) is 5.45. The Hall–Kier alpha value is -0.270. The average Bonchev–Trinajstić information content (AvgIpc) is 2.93. The van der Waals surface area contributed by atoms with Gasteiger partial charge in [0.1, 0.15) is 0 Å². The molecular weight excluding hydrogens is 364 g/mol. The van der Waals surface area contributed by atoms with Gasteiger partial charge in [-0.2, -0.15) is 16.1 Å². The molecule has 2 aliphatic heterocycles. The van der Waals surface area contributed by atoms with Crippen LogP contribution in [-0.4, -0.2) is 61.3 Å². The normalized spacial score (nSPS) is 24.2. The van der Waals surface area contributed by atoms with Crippen molar-refractivity contribution in [1.29, 1.82) is 0 Å². The molecule has 2 aliphatic rings. The molecule has 0 amide bonds. The third-order valence-electron chi connectivity index (χ3n) is 4.79. The van der Waals surface area contributed by atoms with Crippen molar-refractivity contribution in [2.24, 2.45) is 0 Å². The molecule has 0 bridgehead atoms. The van der Waals surface area contributed by atoms with Gasteiger partial charge in [-0.25, -0.2) is 8.42 Å². The lowest BCUT2D eigenvalue weighted by Crippen LogP contribution is -2.47. The number of halogens is 1. The number of rotatable bonds is 4. The van der Waals surface area contributed by atoms with Crippen molar-refractivity contribution in [3.05, 3.63) is 28.8 Å². The first-order valence-corrected chi connectivity index (χ1v) is 11.5. The molecule has 0 spiro atoms. The molecule has 0 aliphatic carbocycles. The van der Waals surface area contributed by atoms with E-state index in [4.69, 9.17) is 11.6 Å². The van der Waals surface area contributed by atoms with E-state index in [0.717, 1.165) is 43.1 Å². The van der Waals surface area contributed by atoms with Gasteiger partial charge >= 0.3 is 0 Å². The molecule has 0 saturated carbocycles. The van der Waals surface area contributed by atoms with E-state index in [9.17, 15) is 8.42 Å². The van der Waals surface area contributed by atoms with Gasteiger partial charge in [0.05, 0.1) is 4.90 Å². The standard InChI is InChI=1S/C17H25ClN2O2S2/c1-14-5-6-15(18)11-17(14)24(21,22)20-9-4-10-23-13-16(20)12-19-7-2-3-8-19/h5-6,11,16H,2-4,7-10,12-13H2,1H3. The van der Waals surface area contributed by atoms with Crippen LogP contribution >= 0.6 is 23.4 Å². The number of hydrogen-bond acceptors (Lipinski definition) is 4. The Kier molecular flexibility index (Phi) is 6.14. The van der Waals surface area contributed by atoms with Crippen LogP contribution in [0.25, 0.3) is 0 Å². The Morgan fingerprint density at radius 2 is 1.96 bits per heavy atom. The molecule has 1 aromatic rings. The van der Waals surface area contributed by atoms with E-state index in [-0.39, 0.29) is 6.04 Å². The number of aryl methyl sites for hydroxylation is 1. The first-order valence-electron chi connectivity index (χ1n) is 8.56. The van der Waals surface area contributed by atoms with Gasteiger partial charge in [0.25, 0.3) is 0 Å². The van der Waals surface area contributed by atoms with E-state index in [1.54, 1.807) is 22.5 Å². The number of hydrogen-bond donors (Lipinski definition) is 0. The summed E-state index contributed by atoms with van der Waals surface area (Å²) in [6.07, 6.45) is 3.35. The van der Waals surface area contributed by atoms with E-state index < -0.39 is 10.0 Å². The average molecular weight is 389 g/mol. The molecule has 0 N–H and O–H groups in total. The Balaban J connectivity index is 1.90. The SMILES string of the molecule is Cc1ccc(Cl)cc1S(=O)(=O)N1CCCSCC1CN1CCCC1. The summed E-state index contributed by atoms with van der Waals surface area (Å²) >= 11 is 7.94. The molecular formula is C17H25ClN2O2S2. The zero-order chi connectivity index (χ0) is 17.2. The fourth-order valence-corrected chi connectivity index (χ4v) is 6.80. The summed E-state index contributed by atoms with van der Waals surface area (Å²) in [6, 6.07) is 5.17. The second kappa shape index (κ2) is 7.96. The molecule has 1 atom stereocenters. The highest BCUT2D eigenvalue weighted by atomic mass is 35.5. The maximum atomic E-state index is 13.3. The molecule has 1 unspecified atom stereocenters. The van der Waals surface area contributed by atoms with Crippen molar-refractivity contribution in [2.45, 2.75) is 37.1 Å². The van der Waals surface area contributed by atoms with Crippen LogP contribution in [0.1, 0.15) is 24.8 Å². The molecule has 0 aromatic heterocycles. The summed E-state index contributed by atoms with van der Waals surface area (Å²) in [4.78, 5) is 2.76. The van der Waals surface area contributed by atoms with Crippen LogP contribution in [0.4, 0.5) is 0 Å². The Labute approximate surface area is 154 Å². The molecule has 3 rings (SSSR count). The first-order chi connectivity index (χ1) is 11.5. The minimum Gasteiger partial charge on any atom is -0.302 e. The summed E-state index contributed by atoms with van der Waals surface area (Å²) in [7, 11) is -3.52. The van der Waals surface area contributed by atoms with Crippen molar-refractivity contribution in [3.8, 4) is 0 Å². The first kappa shape index (κ1) is 18.5. The Morgan fingerprint density at radius 1 is 1.21 bits per heavy atom. The molecule has 1 aromatic carbocycles. The van der Waals surface area contributed by atoms with Gasteiger partial charge in [-0.05, 0) is 62.7 Å². The highest BCUT2D eigenvalue weighted by Crippen LogP contribution is 2.28. The highest BCUT2D eigenvalue weighted by molar-refractivity contribution is 7.99. The van der Waals surface area contributed by atoms with Crippen LogP contribution in [-0.2, 0) is 10.0 Å². The number of nitrogens with zero attached hydrogens (tertiary/aromatic N) is 2. The summed E-state index contributed by atoms with van der Waals surface area (Å²) < 4.78 is 28.4. The predicted molar refractivity (Wildman–Crippen MR) is 101 cm³/mol. The van der Waals surface area contributed by atoms with Gasteiger partial charge in [0.15, 0.2) is 0 Å². The van der Waals surface area contributed by atoms with Crippen LogP contribution in [0.5, 0.6) is 0 Å². The number of likely N-dealkylation sites (tertiary alicyclic amines) is 1. The number of benzene rings is 1.